The fourth-order valence-electron chi connectivity index (χ4n) is 3.12. The number of carbonyl (C=O) groups excluding carboxylic acids is 1. The van der Waals surface area contributed by atoms with E-state index >= 15 is 0 Å². The van der Waals surface area contributed by atoms with Crippen LogP contribution < -0.4 is 5.32 Å². The van der Waals surface area contributed by atoms with Crippen molar-refractivity contribution in [3.8, 4) is 0 Å². The molecule has 1 aromatic carbocycles. The zero-order chi connectivity index (χ0) is 18.6. The van der Waals surface area contributed by atoms with E-state index in [1.807, 2.05) is 18.2 Å². The predicted molar refractivity (Wildman–Crippen MR) is 105 cm³/mol. The molecule has 1 saturated heterocycles. The van der Waals surface area contributed by atoms with Crippen LogP contribution >= 0.6 is 23.2 Å². The summed E-state index contributed by atoms with van der Waals surface area (Å²) in [5.41, 5.74) is 0.620. The topological polar surface area (TPSA) is 64.9 Å². The lowest BCUT2D eigenvalue weighted by Crippen LogP contribution is -2.52. The number of aliphatic imine (C=N–C) groups is 1. The summed E-state index contributed by atoms with van der Waals surface area (Å²) in [6.45, 7) is 1.28. The maximum atomic E-state index is 12.4. The monoisotopic (exact) mass is 393 g/mol. The zero-order valence-corrected chi connectivity index (χ0v) is 15.8. The van der Waals surface area contributed by atoms with Gasteiger partial charge in [-0.2, -0.15) is 0 Å². The molecule has 0 saturated carbocycles. The van der Waals surface area contributed by atoms with Gasteiger partial charge in [0.25, 0.3) is 0 Å². The van der Waals surface area contributed by atoms with E-state index in [1.54, 1.807) is 29.3 Å². The highest BCUT2D eigenvalue weighted by atomic mass is 35.5. The quantitative estimate of drug-likeness (QED) is 0.816. The van der Waals surface area contributed by atoms with Gasteiger partial charge in [0.05, 0.1) is 5.71 Å². The lowest BCUT2D eigenvalue weighted by molar-refractivity contribution is 0.0451. The van der Waals surface area contributed by atoms with Gasteiger partial charge in [-0.1, -0.05) is 41.4 Å². The van der Waals surface area contributed by atoms with Crippen LogP contribution in [0.4, 0.5) is 4.79 Å². The second-order valence-electron chi connectivity index (χ2n) is 6.46. The highest BCUT2D eigenvalue weighted by Gasteiger charge is 2.37. The third kappa shape index (κ3) is 4.47. The van der Waals surface area contributed by atoms with Crippen molar-refractivity contribution in [1.29, 1.82) is 0 Å². The number of carbonyl (C=O) groups is 1. The maximum Gasteiger partial charge on any atom is 0.317 e. The van der Waals surface area contributed by atoms with Gasteiger partial charge in [0.1, 0.15) is 5.60 Å². The van der Waals surface area contributed by atoms with E-state index < -0.39 is 5.60 Å². The van der Waals surface area contributed by atoms with Crippen molar-refractivity contribution in [3.63, 3.8) is 0 Å². The van der Waals surface area contributed by atoms with Crippen molar-refractivity contribution < 1.29 is 9.90 Å². The number of benzene rings is 1. The van der Waals surface area contributed by atoms with Crippen molar-refractivity contribution in [2.75, 3.05) is 13.1 Å². The number of nitrogens with one attached hydrogen (secondary N) is 1. The number of urea groups is 1. The molecule has 0 unspecified atom stereocenters. The number of halogens is 2. The van der Waals surface area contributed by atoms with E-state index in [9.17, 15) is 9.90 Å². The van der Waals surface area contributed by atoms with Crippen LogP contribution in [0, 0.1) is 0 Å². The third-order valence-corrected chi connectivity index (χ3v) is 5.32. The number of nitrogens with zero attached hydrogens (tertiary/aromatic N) is 2. The van der Waals surface area contributed by atoms with E-state index in [4.69, 9.17) is 23.2 Å². The SMILES string of the molecule is O=C(NCc1ccc(Cl)cc1Cl)N1CCC(O)(C2=NC=CC=CC2)CC1. The maximum absolute atomic E-state index is 12.4. The number of hydrogen-bond donors (Lipinski definition) is 2. The number of piperidine rings is 1. The summed E-state index contributed by atoms with van der Waals surface area (Å²) in [6.07, 6.45) is 9.03. The first kappa shape index (κ1) is 19.0. The molecular formula is C19H21Cl2N3O2. The van der Waals surface area contributed by atoms with Gasteiger partial charge in [0, 0.05) is 42.3 Å². The minimum atomic E-state index is -0.949. The van der Waals surface area contributed by atoms with Crippen LogP contribution in [0.25, 0.3) is 0 Å². The molecule has 2 aliphatic rings. The minimum absolute atomic E-state index is 0.166. The van der Waals surface area contributed by atoms with Gasteiger partial charge in [0.15, 0.2) is 0 Å². The number of likely N-dealkylation sites (tertiary alicyclic amines) is 1. The Morgan fingerprint density at radius 2 is 2.04 bits per heavy atom. The molecule has 3 rings (SSSR count). The highest BCUT2D eigenvalue weighted by Crippen LogP contribution is 2.27. The molecule has 2 heterocycles. The van der Waals surface area contributed by atoms with E-state index in [0.717, 1.165) is 11.3 Å². The van der Waals surface area contributed by atoms with Crippen molar-refractivity contribution in [2.45, 2.75) is 31.4 Å². The lowest BCUT2D eigenvalue weighted by atomic mass is 9.85. The van der Waals surface area contributed by atoms with E-state index in [1.165, 1.54) is 0 Å². The standard InChI is InChI=1S/C19H21Cl2N3O2/c20-15-6-5-14(16(21)12-15)13-23-18(25)24-10-7-19(26,8-11-24)17-4-2-1-3-9-22-17/h1-3,5-6,9,12,26H,4,7-8,10-11,13H2,(H,23,25). The first-order valence-corrected chi connectivity index (χ1v) is 9.31. The first-order valence-electron chi connectivity index (χ1n) is 8.56. The molecule has 0 aliphatic carbocycles. The fraction of sp³-hybridized carbons (Fsp3) is 0.368. The Morgan fingerprint density at radius 3 is 2.77 bits per heavy atom. The summed E-state index contributed by atoms with van der Waals surface area (Å²) in [7, 11) is 0. The second-order valence-corrected chi connectivity index (χ2v) is 7.31. The molecule has 0 radical (unpaired) electrons. The third-order valence-electron chi connectivity index (χ3n) is 4.73. The molecule has 2 aliphatic heterocycles. The Kier molecular flexibility index (Phi) is 6.01. The van der Waals surface area contributed by atoms with E-state index in [-0.39, 0.29) is 6.03 Å². The average molecular weight is 394 g/mol. The van der Waals surface area contributed by atoms with Crippen LogP contribution in [0.3, 0.4) is 0 Å². The summed E-state index contributed by atoms with van der Waals surface area (Å²) >= 11 is 12.0. The molecule has 0 bridgehead atoms. The Labute approximate surface area is 163 Å². The Morgan fingerprint density at radius 1 is 1.27 bits per heavy atom. The van der Waals surface area contributed by atoms with Crippen LogP contribution in [0.15, 0.2) is 47.6 Å². The smallest absolute Gasteiger partial charge is 0.317 e. The van der Waals surface area contributed by atoms with Gasteiger partial charge in [-0.3, -0.25) is 4.99 Å². The van der Waals surface area contributed by atoms with Gasteiger partial charge < -0.3 is 15.3 Å². The highest BCUT2D eigenvalue weighted by molar-refractivity contribution is 6.35. The molecule has 5 nitrogen and oxygen atoms in total. The zero-order valence-electron chi connectivity index (χ0n) is 14.3. The van der Waals surface area contributed by atoms with E-state index in [0.29, 0.717) is 48.9 Å². The largest absolute Gasteiger partial charge is 0.384 e. The predicted octanol–water partition coefficient (Wildman–Crippen LogP) is 3.94. The molecular weight excluding hydrogens is 373 g/mol. The molecule has 0 atom stereocenters. The van der Waals surface area contributed by atoms with Crippen LogP contribution in [0.5, 0.6) is 0 Å². The lowest BCUT2D eigenvalue weighted by Gasteiger charge is -2.38. The normalized spacial score (nSPS) is 19.0. The second kappa shape index (κ2) is 8.25. The molecule has 0 spiro atoms. The number of allylic oxidation sites excluding steroid dienone is 3. The number of rotatable bonds is 3. The fourth-order valence-corrected chi connectivity index (χ4v) is 3.60. The van der Waals surface area contributed by atoms with Crippen LogP contribution in [0.2, 0.25) is 10.0 Å². The Balaban J connectivity index is 1.54. The molecule has 26 heavy (non-hydrogen) atoms. The Hall–Kier alpha value is -1.82. The van der Waals surface area contributed by atoms with Gasteiger partial charge >= 0.3 is 6.03 Å². The summed E-state index contributed by atoms with van der Waals surface area (Å²) in [4.78, 5) is 18.5. The van der Waals surface area contributed by atoms with Gasteiger partial charge in [-0.05, 0) is 36.6 Å². The summed E-state index contributed by atoms with van der Waals surface area (Å²) in [6, 6.07) is 5.03. The Bertz CT molecular complexity index is 766. The van der Waals surface area contributed by atoms with Gasteiger partial charge in [0.2, 0.25) is 0 Å². The summed E-state index contributed by atoms with van der Waals surface area (Å²) in [5, 5.41) is 14.9. The van der Waals surface area contributed by atoms with Gasteiger partial charge in [-0.25, -0.2) is 4.79 Å². The van der Waals surface area contributed by atoms with Crippen molar-refractivity contribution in [3.05, 3.63) is 58.2 Å². The number of amides is 2. The van der Waals surface area contributed by atoms with Crippen molar-refractivity contribution >= 4 is 34.9 Å². The minimum Gasteiger partial charge on any atom is -0.384 e. The van der Waals surface area contributed by atoms with Crippen molar-refractivity contribution in [2.24, 2.45) is 4.99 Å². The molecule has 7 heteroatoms. The molecule has 1 aromatic rings. The van der Waals surface area contributed by atoms with Crippen LogP contribution in [-0.4, -0.2) is 40.4 Å². The van der Waals surface area contributed by atoms with Crippen LogP contribution in [0.1, 0.15) is 24.8 Å². The molecule has 1 fully saturated rings. The number of aliphatic hydroxyl groups is 1. The van der Waals surface area contributed by atoms with Gasteiger partial charge in [-0.15, -0.1) is 0 Å². The van der Waals surface area contributed by atoms with E-state index in [2.05, 4.69) is 10.3 Å². The van der Waals surface area contributed by atoms with Crippen molar-refractivity contribution in [1.82, 2.24) is 10.2 Å². The molecule has 2 N–H and O–H groups in total. The molecule has 138 valence electrons. The summed E-state index contributed by atoms with van der Waals surface area (Å²) in [5.74, 6) is 0. The first-order chi connectivity index (χ1) is 12.5. The average Bonchev–Trinajstić information content (AvgIpc) is 2.91. The van der Waals surface area contributed by atoms with Crippen LogP contribution in [-0.2, 0) is 6.54 Å². The summed E-state index contributed by atoms with van der Waals surface area (Å²) < 4.78 is 0. The number of hydrogen-bond acceptors (Lipinski definition) is 3. The molecule has 2 amide bonds. The molecule has 0 aromatic heterocycles.